The molecule has 0 aliphatic rings. The van der Waals surface area contributed by atoms with Gasteiger partial charge in [0.25, 0.3) is 0 Å². The highest BCUT2D eigenvalue weighted by atomic mass is 79.9. The third kappa shape index (κ3) is 6.98. The summed E-state index contributed by atoms with van der Waals surface area (Å²) in [7, 11) is 0. The standard InChI is InChI=1S/C28H29BrN4O2S/c1-19(2)24-14-9-20(3)15-25(24)35-17-26-31-32-28(33(26)16-21-7-5-4-6-8-21)36-18-27(34)30-23-12-10-22(29)11-13-23/h4-15,19H,16-18H2,1-3H3,(H,30,34). The molecule has 0 aliphatic carbocycles. The van der Waals surface area contributed by atoms with Crippen LogP contribution in [0.15, 0.2) is 82.4 Å². The number of carbonyl (C=O) groups is 1. The van der Waals surface area contributed by atoms with Crippen LogP contribution in [0.25, 0.3) is 0 Å². The van der Waals surface area contributed by atoms with E-state index in [2.05, 4.69) is 82.5 Å². The number of aromatic nitrogens is 3. The third-order valence-electron chi connectivity index (χ3n) is 5.59. The summed E-state index contributed by atoms with van der Waals surface area (Å²) in [5, 5.41) is 12.4. The Morgan fingerprint density at radius 3 is 2.53 bits per heavy atom. The monoisotopic (exact) mass is 564 g/mol. The number of halogens is 1. The summed E-state index contributed by atoms with van der Waals surface area (Å²) in [6.45, 7) is 7.25. The van der Waals surface area contributed by atoms with Crippen LogP contribution < -0.4 is 10.1 Å². The van der Waals surface area contributed by atoms with Crippen LogP contribution >= 0.6 is 27.7 Å². The maximum atomic E-state index is 12.6. The van der Waals surface area contributed by atoms with E-state index in [-0.39, 0.29) is 18.3 Å². The number of rotatable bonds is 10. The minimum atomic E-state index is -0.101. The summed E-state index contributed by atoms with van der Waals surface area (Å²) in [6, 6.07) is 23.9. The number of amides is 1. The Morgan fingerprint density at radius 1 is 1.06 bits per heavy atom. The molecule has 0 spiro atoms. The lowest BCUT2D eigenvalue weighted by Gasteiger charge is -2.15. The van der Waals surface area contributed by atoms with Crippen molar-refractivity contribution < 1.29 is 9.53 Å². The van der Waals surface area contributed by atoms with E-state index in [0.717, 1.165) is 32.6 Å². The largest absolute Gasteiger partial charge is 0.485 e. The number of aryl methyl sites for hydroxylation is 1. The Balaban J connectivity index is 1.50. The van der Waals surface area contributed by atoms with E-state index < -0.39 is 0 Å². The topological polar surface area (TPSA) is 69.0 Å². The fourth-order valence-electron chi connectivity index (χ4n) is 3.70. The van der Waals surface area contributed by atoms with Gasteiger partial charge in [-0.3, -0.25) is 9.36 Å². The molecule has 4 rings (SSSR count). The fourth-order valence-corrected chi connectivity index (χ4v) is 4.72. The lowest BCUT2D eigenvalue weighted by atomic mass is 10.0. The van der Waals surface area contributed by atoms with Crippen LogP contribution in [0, 0.1) is 6.92 Å². The first-order valence-corrected chi connectivity index (χ1v) is 13.5. The van der Waals surface area contributed by atoms with E-state index in [0.29, 0.717) is 23.4 Å². The number of nitrogens with zero attached hydrogens (tertiary/aromatic N) is 3. The number of hydrogen-bond donors (Lipinski definition) is 1. The minimum absolute atomic E-state index is 0.101. The summed E-state index contributed by atoms with van der Waals surface area (Å²) < 4.78 is 9.24. The molecule has 1 amide bonds. The average Bonchev–Trinajstić information content (AvgIpc) is 3.24. The second kappa shape index (κ2) is 12.2. The van der Waals surface area contributed by atoms with Crippen LogP contribution in [0.4, 0.5) is 5.69 Å². The van der Waals surface area contributed by atoms with Crippen molar-refractivity contribution in [1.82, 2.24) is 14.8 Å². The van der Waals surface area contributed by atoms with Gasteiger partial charge >= 0.3 is 0 Å². The van der Waals surface area contributed by atoms with Crippen molar-refractivity contribution in [3.05, 3.63) is 99.8 Å². The van der Waals surface area contributed by atoms with E-state index in [1.807, 2.05) is 47.0 Å². The highest BCUT2D eigenvalue weighted by Crippen LogP contribution is 2.28. The first-order chi connectivity index (χ1) is 17.4. The molecule has 4 aromatic rings. The van der Waals surface area contributed by atoms with Gasteiger partial charge in [-0.25, -0.2) is 0 Å². The molecule has 1 N–H and O–H groups in total. The fraction of sp³-hybridized carbons (Fsp3) is 0.250. The molecule has 0 atom stereocenters. The van der Waals surface area contributed by atoms with Gasteiger partial charge in [-0.1, -0.05) is 84.0 Å². The number of carbonyl (C=O) groups excluding carboxylic acids is 1. The smallest absolute Gasteiger partial charge is 0.234 e. The number of benzene rings is 3. The van der Waals surface area contributed by atoms with Crippen LogP contribution in [0.1, 0.15) is 42.3 Å². The molecular weight excluding hydrogens is 536 g/mol. The molecule has 0 fully saturated rings. The molecule has 0 saturated carbocycles. The molecule has 36 heavy (non-hydrogen) atoms. The lowest BCUT2D eigenvalue weighted by Crippen LogP contribution is -2.15. The van der Waals surface area contributed by atoms with Gasteiger partial charge in [0.15, 0.2) is 11.0 Å². The van der Waals surface area contributed by atoms with Gasteiger partial charge in [0.2, 0.25) is 5.91 Å². The van der Waals surface area contributed by atoms with E-state index in [4.69, 9.17) is 4.74 Å². The molecule has 0 saturated heterocycles. The Hall–Kier alpha value is -3.10. The maximum absolute atomic E-state index is 12.6. The van der Waals surface area contributed by atoms with Gasteiger partial charge in [0.1, 0.15) is 12.4 Å². The Kier molecular flexibility index (Phi) is 8.83. The van der Waals surface area contributed by atoms with Crippen molar-refractivity contribution in [3.8, 4) is 5.75 Å². The molecule has 6 nitrogen and oxygen atoms in total. The van der Waals surface area contributed by atoms with Crippen molar-refractivity contribution in [2.24, 2.45) is 0 Å². The second-order valence-electron chi connectivity index (χ2n) is 8.80. The third-order valence-corrected chi connectivity index (χ3v) is 7.08. The quantitative estimate of drug-likeness (QED) is 0.214. The van der Waals surface area contributed by atoms with Crippen LogP contribution in [0.5, 0.6) is 5.75 Å². The molecule has 0 aliphatic heterocycles. The van der Waals surface area contributed by atoms with Gasteiger partial charge in [0.05, 0.1) is 12.3 Å². The number of anilines is 1. The van der Waals surface area contributed by atoms with Crippen molar-refractivity contribution in [3.63, 3.8) is 0 Å². The summed E-state index contributed by atoms with van der Waals surface area (Å²) in [4.78, 5) is 12.6. The maximum Gasteiger partial charge on any atom is 0.234 e. The number of ether oxygens (including phenoxy) is 1. The van der Waals surface area contributed by atoms with Crippen molar-refractivity contribution in [2.45, 2.75) is 45.0 Å². The zero-order valence-electron chi connectivity index (χ0n) is 20.6. The summed E-state index contributed by atoms with van der Waals surface area (Å²) >= 11 is 4.77. The Labute approximate surface area is 224 Å². The molecular formula is C28H29BrN4O2S. The summed E-state index contributed by atoms with van der Waals surface area (Å²) in [5.74, 6) is 2.04. The highest BCUT2D eigenvalue weighted by molar-refractivity contribution is 9.10. The minimum Gasteiger partial charge on any atom is -0.485 e. The molecule has 3 aromatic carbocycles. The zero-order chi connectivity index (χ0) is 25.5. The van der Waals surface area contributed by atoms with Crippen molar-refractivity contribution in [1.29, 1.82) is 0 Å². The predicted octanol–water partition coefficient (Wildman–Crippen LogP) is 6.83. The Bertz CT molecular complexity index is 1310. The second-order valence-corrected chi connectivity index (χ2v) is 10.7. The van der Waals surface area contributed by atoms with Gasteiger partial charge < -0.3 is 10.1 Å². The van der Waals surface area contributed by atoms with E-state index in [9.17, 15) is 4.79 Å². The zero-order valence-corrected chi connectivity index (χ0v) is 23.0. The number of thioether (sulfide) groups is 1. The first kappa shape index (κ1) is 26.0. The molecule has 1 heterocycles. The molecule has 8 heteroatoms. The van der Waals surface area contributed by atoms with Crippen molar-refractivity contribution >= 4 is 39.3 Å². The lowest BCUT2D eigenvalue weighted by molar-refractivity contribution is -0.113. The van der Waals surface area contributed by atoms with Gasteiger partial charge in [0, 0.05) is 10.2 Å². The molecule has 0 radical (unpaired) electrons. The first-order valence-electron chi connectivity index (χ1n) is 11.8. The number of nitrogens with one attached hydrogen (secondary N) is 1. The molecule has 0 unspecified atom stereocenters. The van der Waals surface area contributed by atoms with Gasteiger partial charge in [-0.15, -0.1) is 10.2 Å². The van der Waals surface area contributed by atoms with E-state index in [1.165, 1.54) is 11.8 Å². The average molecular weight is 566 g/mol. The molecule has 1 aromatic heterocycles. The van der Waals surface area contributed by atoms with Crippen LogP contribution in [-0.4, -0.2) is 26.4 Å². The van der Waals surface area contributed by atoms with Gasteiger partial charge in [-0.2, -0.15) is 0 Å². The predicted molar refractivity (Wildman–Crippen MR) is 149 cm³/mol. The SMILES string of the molecule is Cc1ccc(C(C)C)c(OCc2nnc(SCC(=O)Nc3ccc(Br)cc3)n2Cc2ccccc2)c1. The highest BCUT2D eigenvalue weighted by Gasteiger charge is 2.17. The van der Waals surface area contributed by atoms with Gasteiger partial charge in [-0.05, 0) is 59.9 Å². The van der Waals surface area contributed by atoms with E-state index >= 15 is 0 Å². The van der Waals surface area contributed by atoms with Crippen LogP contribution in [0.3, 0.4) is 0 Å². The molecule has 0 bridgehead atoms. The van der Waals surface area contributed by atoms with E-state index in [1.54, 1.807) is 0 Å². The summed E-state index contributed by atoms with van der Waals surface area (Å²) in [5.41, 5.74) is 4.18. The normalized spacial score (nSPS) is 11.0. The van der Waals surface area contributed by atoms with Crippen LogP contribution in [0.2, 0.25) is 0 Å². The number of hydrogen-bond acceptors (Lipinski definition) is 5. The molecule has 186 valence electrons. The van der Waals surface area contributed by atoms with Crippen molar-refractivity contribution in [2.75, 3.05) is 11.1 Å². The summed E-state index contributed by atoms with van der Waals surface area (Å²) in [6.07, 6.45) is 0. The Morgan fingerprint density at radius 2 is 1.81 bits per heavy atom. The van der Waals surface area contributed by atoms with Crippen LogP contribution in [-0.2, 0) is 17.9 Å².